The predicted octanol–water partition coefficient (Wildman–Crippen LogP) is 6.37. The molecule has 178 valence electrons. The molecule has 2 aromatic heterocycles. The Kier molecular flexibility index (Phi) is 6.31. The molecule has 5 rings (SSSR count). The van der Waals surface area contributed by atoms with Gasteiger partial charge in [-0.2, -0.15) is 0 Å². The summed E-state index contributed by atoms with van der Waals surface area (Å²) in [6.07, 6.45) is 1.84. The fraction of sp³-hybridized carbons (Fsp3) is 0.241. The van der Waals surface area contributed by atoms with Crippen LogP contribution in [0.15, 0.2) is 79.0 Å². The van der Waals surface area contributed by atoms with Gasteiger partial charge in [0.05, 0.1) is 24.4 Å². The smallest absolute Gasteiger partial charge is 0.174 e. The molecule has 2 unspecified atom stereocenters. The fourth-order valence-electron chi connectivity index (χ4n) is 5.09. The lowest BCUT2D eigenvalue weighted by molar-refractivity contribution is 0.340. The highest BCUT2D eigenvalue weighted by atomic mass is 32.1. The van der Waals surface area contributed by atoms with Gasteiger partial charge >= 0.3 is 0 Å². The number of hydrogen-bond donors (Lipinski definition) is 1. The third-order valence-electron chi connectivity index (χ3n) is 6.67. The van der Waals surface area contributed by atoms with Crippen LogP contribution in [0, 0.1) is 20.8 Å². The molecule has 1 aliphatic heterocycles. The Balaban J connectivity index is 1.65. The minimum atomic E-state index is -0.0823. The number of aromatic nitrogens is 2. The highest BCUT2D eigenvalue weighted by Crippen LogP contribution is 2.44. The lowest BCUT2D eigenvalue weighted by Gasteiger charge is -2.28. The second-order valence-corrected chi connectivity index (χ2v) is 9.26. The molecule has 4 aromatic rings. The van der Waals surface area contributed by atoms with Crippen LogP contribution in [0.25, 0.3) is 5.69 Å². The van der Waals surface area contributed by atoms with E-state index in [0.29, 0.717) is 11.7 Å². The van der Waals surface area contributed by atoms with Crippen LogP contribution in [-0.4, -0.2) is 21.3 Å². The summed E-state index contributed by atoms with van der Waals surface area (Å²) in [6, 6.07) is 24.9. The molecule has 1 N–H and O–H groups in total. The topological polar surface area (TPSA) is 42.3 Å². The molecule has 1 aliphatic rings. The standard InChI is InChI=1S/C29H30N4OS/c1-5-34-23-15-13-22(14-16-23)33-28(27(31-29(33)35)25-11-8-9-17-30-25)24-18-20(3)32(21(24)4)26-12-7-6-10-19(26)2/h6-18,27-28H,5H2,1-4H3,(H,31,35). The third kappa shape index (κ3) is 4.19. The van der Waals surface area contributed by atoms with Gasteiger partial charge < -0.3 is 19.5 Å². The lowest BCUT2D eigenvalue weighted by atomic mass is 9.96. The van der Waals surface area contributed by atoms with Crippen molar-refractivity contribution in [3.8, 4) is 11.4 Å². The summed E-state index contributed by atoms with van der Waals surface area (Å²) in [5.41, 5.74) is 8.04. The van der Waals surface area contributed by atoms with Crippen molar-refractivity contribution in [2.75, 3.05) is 11.5 Å². The number of nitrogens with zero attached hydrogens (tertiary/aromatic N) is 3. The predicted molar refractivity (Wildman–Crippen MR) is 146 cm³/mol. The quantitative estimate of drug-likeness (QED) is 0.323. The van der Waals surface area contributed by atoms with E-state index in [1.54, 1.807) is 0 Å². The Hall–Kier alpha value is -3.64. The fourth-order valence-corrected chi connectivity index (χ4v) is 5.44. The summed E-state index contributed by atoms with van der Waals surface area (Å²) in [5, 5.41) is 4.26. The van der Waals surface area contributed by atoms with Crippen LogP contribution in [0.5, 0.6) is 5.75 Å². The molecule has 2 aromatic carbocycles. The van der Waals surface area contributed by atoms with Crippen LogP contribution in [0.1, 0.15) is 47.2 Å². The van der Waals surface area contributed by atoms with Crippen molar-refractivity contribution < 1.29 is 4.74 Å². The van der Waals surface area contributed by atoms with Gasteiger partial charge in [-0.05, 0) is 99.6 Å². The van der Waals surface area contributed by atoms with Crippen LogP contribution in [0.3, 0.4) is 0 Å². The first kappa shape index (κ1) is 23.1. The first-order valence-electron chi connectivity index (χ1n) is 12.0. The van der Waals surface area contributed by atoms with Crippen LogP contribution in [0.2, 0.25) is 0 Å². The second kappa shape index (κ2) is 9.55. The first-order valence-corrected chi connectivity index (χ1v) is 12.4. The first-order chi connectivity index (χ1) is 17.0. The lowest BCUT2D eigenvalue weighted by Crippen LogP contribution is -2.29. The highest BCUT2D eigenvalue weighted by Gasteiger charge is 2.42. The van der Waals surface area contributed by atoms with Crippen LogP contribution in [-0.2, 0) is 0 Å². The number of ether oxygens (including phenoxy) is 1. The van der Waals surface area contributed by atoms with Crippen LogP contribution in [0.4, 0.5) is 5.69 Å². The largest absolute Gasteiger partial charge is 0.494 e. The van der Waals surface area contributed by atoms with Crippen molar-refractivity contribution in [2.45, 2.75) is 39.8 Å². The SMILES string of the molecule is CCOc1ccc(N2C(=S)NC(c3ccccn3)C2c2cc(C)n(-c3ccccc3C)c2C)cc1. The minimum Gasteiger partial charge on any atom is -0.494 e. The molecular formula is C29H30N4OS. The summed E-state index contributed by atoms with van der Waals surface area (Å²) in [5.74, 6) is 0.852. The molecule has 0 spiro atoms. The molecule has 0 radical (unpaired) electrons. The van der Waals surface area contributed by atoms with Gasteiger partial charge in [0.2, 0.25) is 0 Å². The zero-order valence-corrected chi connectivity index (χ0v) is 21.3. The number of thiocarbonyl (C=S) groups is 1. The average Bonchev–Trinajstić information content (AvgIpc) is 3.36. The van der Waals surface area contributed by atoms with Crippen molar-refractivity contribution in [1.82, 2.24) is 14.9 Å². The molecule has 5 nitrogen and oxygen atoms in total. The molecule has 0 amide bonds. The molecular weight excluding hydrogens is 452 g/mol. The van der Waals surface area contributed by atoms with Crippen molar-refractivity contribution in [3.05, 3.63) is 107 Å². The minimum absolute atomic E-state index is 0.0562. The molecule has 0 saturated carbocycles. The van der Waals surface area contributed by atoms with E-state index < -0.39 is 0 Å². The average molecular weight is 483 g/mol. The van der Waals surface area contributed by atoms with Gasteiger partial charge in [-0.25, -0.2) is 0 Å². The molecule has 2 atom stereocenters. The van der Waals surface area contributed by atoms with Crippen LogP contribution >= 0.6 is 12.2 Å². The number of aryl methyl sites for hydroxylation is 2. The van der Waals surface area contributed by atoms with Gasteiger partial charge in [0.15, 0.2) is 5.11 Å². The van der Waals surface area contributed by atoms with E-state index in [2.05, 4.69) is 84.1 Å². The van der Waals surface area contributed by atoms with Gasteiger partial charge in [0.1, 0.15) is 5.75 Å². The molecule has 1 saturated heterocycles. The normalized spacial score (nSPS) is 17.5. The number of hydrogen-bond acceptors (Lipinski definition) is 3. The van der Waals surface area contributed by atoms with Gasteiger partial charge in [0, 0.05) is 29.0 Å². The second-order valence-electron chi connectivity index (χ2n) is 8.87. The van der Waals surface area contributed by atoms with Crippen molar-refractivity contribution in [3.63, 3.8) is 0 Å². The molecule has 35 heavy (non-hydrogen) atoms. The summed E-state index contributed by atoms with van der Waals surface area (Å²) < 4.78 is 8.02. The van der Waals surface area contributed by atoms with Crippen LogP contribution < -0.4 is 15.0 Å². The number of pyridine rings is 1. The van der Waals surface area contributed by atoms with E-state index >= 15 is 0 Å². The van der Waals surface area contributed by atoms with Gasteiger partial charge in [-0.3, -0.25) is 4.98 Å². The Morgan fingerprint density at radius 1 is 0.971 bits per heavy atom. The van der Waals surface area contributed by atoms with Crippen molar-refractivity contribution in [2.24, 2.45) is 0 Å². The highest BCUT2D eigenvalue weighted by molar-refractivity contribution is 7.80. The zero-order valence-electron chi connectivity index (χ0n) is 20.5. The summed E-state index contributed by atoms with van der Waals surface area (Å²) in [7, 11) is 0. The Morgan fingerprint density at radius 3 is 2.40 bits per heavy atom. The number of benzene rings is 2. The van der Waals surface area contributed by atoms with Crippen molar-refractivity contribution in [1.29, 1.82) is 0 Å². The molecule has 6 heteroatoms. The number of anilines is 1. The van der Waals surface area contributed by atoms with E-state index in [0.717, 1.165) is 17.1 Å². The number of nitrogens with one attached hydrogen (secondary N) is 1. The van der Waals surface area contributed by atoms with E-state index in [1.165, 1.54) is 28.2 Å². The Bertz CT molecular complexity index is 1350. The van der Waals surface area contributed by atoms with Crippen molar-refractivity contribution >= 4 is 23.0 Å². The monoisotopic (exact) mass is 482 g/mol. The van der Waals surface area contributed by atoms with E-state index in [4.69, 9.17) is 21.9 Å². The molecule has 0 bridgehead atoms. The Labute approximate surface area is 212 Å². The summed E-state index contributed by atoms with van der Waals surface area (Å²) >= 11 is 5.91. The van der Waals surface area contributed by atoms with Gasteiger partial charge in [-0.1, -0.05) is 24.3 Å². The molecule has 3 heterocycles. The molecule has 0 aliphatic carbocycles. The van der Waals surface area contributed by atoms with E-state index in [-0.39, 0.29) is 12.1 Å². The van der Waals surface area contributed by atoms with E-state index in [9.17, 15) is 0 Å². The zero-order chi connectivity index (χ0) is 24.5. The maximum absolute atomic E-state index is 5.91. The number of para-hydroxylation sites is 1. The maximum atomic E-state index is 5.91. The molecule has 1 fully saturated rings. The summed E-state index contributed by atoms with van der Waals surface area (Å²) in [4.78, 5) is 6.91. The number of rotatable bonds is 6. The van der Waals surface area contributed by atoms with Gasteiger partial charge in [0.25, 0.3) is 0 Å². The third-order valence-corrected chi connectivity index (χ3v) is 6.98. The maximum Gasteiger partial charge on any atom is 0.174 e. The van der Waals surface area contributed by atoms with Gasteiger partial charge in [-0.15, -0.1) is 0 Å². The van der Waals surface area contributed by atoms with E-state index in [1.807, 2.05) is 37.4 Å². The Morgan fingerprint density at radius 2 is 1.71 bits per heavy atom. The summed E-state index contributed by atoms with van der Waals surface area (Å²) in [6.45, 7) is 9.15.